The molecule has 0 saturated heterocycles. The van der Waals surface area contributed by atoms with E-state index in [-0.39, 0.29) is 5.91 Å². The Morgan fingerprint density at radius 3 is 2.52 bits per heavy atom. The van der Waals surface area contributed by atoms with Gasteiger partial charge in [-0.25, -0.2) is 0 Å². The van der Waals surface area contributed by atoms with Crippen molar-refractivity contribution in [2.24, 2.45) is 0 Å². The molecule has 3 aromatic carbocycles. The third kappa shape index (κ3) is 5.11. The van der Waals surface area contributed by atoms with E-state index in [1.165, 1.54) is 5.56 Å². The fourth-order valence-electron chi connectivity index (χ4n) is 2.60. The van der Waals surface area contributed by atoms with Crippen molar-refractivity contribution >= 4 is 27.5 Å². The number of anilines is 1. The zero-order chi connectivity index (χ0) is 19.2. The second-order valence-corrected chi connectivity index (χ2v) is 7.01. The molecule has 0 unspecified atom stereocenters. The smallest absolute Gasteiger partial charge is 0.255 e. The van der Waals surface area contributed by atoms with Crippen LogP contribution in [0.4, 0.5) is 5.69 Å². The predicted molar refractivity (Wildman–Crippen MR) is 111 cm³/mol. The second-order valence-electron chi connectivity index (χ2n) is 6.09. The van der Waals surface area contributed by atoms with Gasteiger partial charge in [-0.05, 0) is 55.5 Å². The molecule has 0 heterocycles. The molecule has 5 heteroatoms. The van der Waals surface area contributed by atoms with Crippen LogP contribution >= 0.6 is 15.9 Å². The number of methoxy groups -OCH3 is 1. The Morgan fingerprint density at radius 1 is 1.04 bits per heavy atom. The van der Waals surface area contributed by atoms with E-state index in [4.69, 9.17) is 9.47 Å². The number of hydrogen-bond donors (Lipinski definition) is 1. The zero-order valence-corrected chi connectivity index (χ0v) is 16.7. The number of hydrogen-bond acceptors (Lipinski definition) is 3. The van der Waals surface area contributed by atoms with Crippen molar-refractivity contribution in [1.29, 1.82) is 0 Å². The second kappa shape index (κ2) is 8.73. The van der Waals surface area contributed by atoms with Gasteiger partial charge in [-0.1, -0.05) is 39.7 Å². The molecule has 1 N–H and O–H groups in total. The topological polar surface area (TPSA) is 47.6 Å². The molecule has 0 aliphatic carbocycles. The summed E-state index contributed by atoms with van der Waals surface area (Å²) < 4.78 is 12.1. The van der Waals surface area contributed by atoms with E-state index in [0.29, 0.717) is 17.9 Å². The Balaban J connectivity index is 1.75. The standard InChI is InChI=1S/C22H20BrNO3/c1-15-6-9-20(10-7-15)27-14-17-12-16(8-11-21(17)26-2)22(25)24-19-5-3-4-18(23)13-19/h3-13H,14H2,1-2H3,(H,24,25). The Kier molecular flexibility index (Phi) is 6.14. The summed E-state index contributed by atoms with van der Waals surface area (Å²) >= 11 is 3.40. The van der Waals surface area contributed by atoms with Gasteiger partial charge in [-0.3, -0.25) is 4.79 Å². The van der Waals surface area contributed by atoms with E-state index in [9.17, 15) is 4.79 Å². The van der Waals surface area contributed by atoms with Crippen LogP contribution in [0.15, 0.2) is 71.2 Å². The molecule has 0 radical (unpaired) electrons. The number of carbonyl (C=O) groups is 1. The van der Waals surface area contributed by atoms with Gasteiger partial charge in [0.1, 0.15) is 18.1 Å². The van der Waals surface area contributed by atoms with Crippen LogP contribution in [0.1, 0.15) is 21.5 Å². The van der Waals surface area contributed by atoms with Crippen molar-refractivity contribution in [3.8, 4) is 11.5 Å². The van der Waals surface area contributed by atoms with E-state index in [0.717, 1.165) is 21.5 Å². The first kappa shape index (κ1) is 19.0. The summed E-state index contributed by atoms with van der Waals surface area (Å²) in [5.41, 5.74) is 3.24. The number of benzene rings is 3. The van der Waals surface area contributed by atoms with Crippen molar-refractivity contribution in [3.63, 3.8) is 0 Å². The fraction of sp³-hybridized carbons (Fsp3) is 0.136. The SMILES string of the molecule is COc1ccc(C(=O)Nc2cccc(Br)c2)cc1COc1ccc(C)cc1. The lowest BCUT2D eigenvalue weighted by Crippen LogP contribution is -2.12. The minimum atomic E-state index is -0.188. The van der Waals surface area contributed by atoms with E-state index in [1.54, 1.807) is 25.3 Å². The van der Waals surface area contributed by atoms with Crippen LogP contribution in [0, 0.1) is 6.92 Å². The molecule has 0 aliphatic heterocycles. The molecule has 3 aromatic rings. The number of amides is 1. The monoisotopic (exact) mass is 425 g/mol. The highest BCUT2D eigenvalue weighted by Gasteiger charge is 2.11. The average molecular weight is 426 g/mol. The summed E-state index contributed by atoms with van der Waals surface area (Å²) in [6, 6.07) is 20.6. The van der Waals surface area contributed by atoms with E-state index in [2.05, 4.69) is 21.2 Å². The van der Waals surface area contributed by atoms with Crippen molar-refractivity contribution in [1.82, 2.24) is 0 Å². The lowest BCUT2D eigenvalue weighted by Gasteiger charge is -2.13. The maximum absolute atomic E-state index is 12.6. The van der Waals surface area contributed by atoms with E-state index >= 15 is 0 Å². The quantitative estimate of drug-likeness (QED) is 0.559. The Bertz CT molecular complexity index is 939. The molecular weight excluding hydrogens is 406 g/mol. The zero-order valence-electron chi connectivity index (χ0n) is 15.2. The van der Waals surface area contributed by atoms with Crippen molar-refractivity contribution in [2.45, 2.75) is 13.5 Å². The number of nitrogens with one attached hydrogen (secondary N) is 1. The molecule has 1 amide bonds. The Morgan fingerprint density at radius 2 is 1.81 bits per heavy atom. The number of ether oxygens (including phenoxy) is 2. The first-order valence-corrected chi connectivity index (χ1v) is 9.28. The number of aryl methyl sites for hydroxylation is 1. The van der Waals surface area contributed by atoms with Gasteiger partial charge in [0, 0.05) is 21.3 Å². The summed E-state index contributed by atoms with van der Waals surface area (Å²) in [4.78, 5) is 12.6. The van der Waals surface area contributed by atoms with Crippen molar-refractivity contribution in [3.05, 3.63) is 87.9 Å². The molecule has 0 aliphatic rings. The van der Waals surface area contributed by atoms with Crippen molar-refractivity contribution < 1.29 is 14.3 Å². The summed E-state index contributed by atoms with van der Waals surface area (Å²) in [5.74, 6) is 1.26. The molecular formula is C22H20BrNO3. The Hall–Kier alpha value is -2.79. The lowest BCUT2D eigenvalue weighted by atomic mass is 10.1. The largest absolute Gasteiger partial charge is 0.496 e. The minimum absolute atomic E-state index is 0.188. The summed E-state index contributed by atoms with van der Waals surface area (Å²) in [6.45, 7) is 2.34. The predicted octanol–water partition coefficient (Wildman–Crippen LogP) is 5.60. The van der Waals surface area contributed by atoms with Gasteiger partial charge in [0.25, 0.3) is 5.91 Å². The summed E-state index contributed by atoms with van der Waals surface area (Å²) in [5, 5.41) is 2.89. The highest BCUT2D eigenvalue weighted by molar-refractivity contribution is 9.10. The van der Waals surface area contributed by atoms with Gasteiger partial charge in [0.05, 0.1) is 7.11 Å². The van der Waals surface area contributed by atoms with Crippen LogP contribution < -0.4 is 14.8 Å². The van der Waals surface area contributed by atoms with Gasteiger partial charge in [-0.2, -0.15) is 0 Å². The van der Waals surface area contributed by atoms with Gasteiger partial charge in [-0.15, -0.1) is 0 Å². The molecule has 3 rings (SSSR count). The molecule has 0 spiro atoms. The van der Waals surface area contributed by atoms with Crippen molar-refractivity contribution in [2.75, 3.05) is 12.4 Å². The van der Waals surface area contributed by atoms with Gasteiger partial charge < -0.3 is 14.8 Å². The highest BCUT2D eigenvalue weighted by atomic mass is 79.9. The van der Waals surface area contributed by atoms with Crippen LogP contribution in [0.25, 0.3) is 0 Å². The first-order chi connectivity index (χ1) is 13.0. The normalized spacial score (nSPS) is 10.3. The maximum atomic E-state index is 12.6. The van der Waals surface area contributed by atoms with Gasteiger partial charge in [0.15, 0.2) is 0 Å². The van der Waals surface area contributed by atoms with E-state index in [1.807, 2.05) is 55.5 Å². The number of halogens is 1. The molecule has 138 valence electrons. The summed E-state index contributed by atoms with van der Waals surface area (Å²) in [6.07, 6.45) is 0. The number of carbonyl (C=O) groups excluding carboxylic acids is 1. The van der Waals surface area contributed by atoms with Crippen LogP contribution in [-0.2, 0) is 6.61 Å². The molecule has 0 atom stereocenters. The maximum Gasteiger partial charge on any atom is 0.255 e. The minimum Gasteiger partial charge on any atom is -0.496 e. The third-order valence-corrected chi connectivity index (χ3v) is 4.53. The average Bonchev–Trinajstić information content (AvgIpc) is 2.67. The van der Waals surface area contributed by atoms with Crippen LogP contribution in [0.5, 0.6) is 11.5 Å². The Labute approximate surface area is 167 Å². The molecule has 27 heavy (non-hydrogen) atoms. The van der Waals surface area contributed by atoms with E-state index < -0.39 is 0 Å². The third-order valence-electron chi connectivity index (χ3n) is 4.04. The number of rotatable bonds is 6. The van der Waals surface area contributed by atoms with Crippen LogP contribution in [-0.4, -0.2) is 13.0 Å². The fourth-order valence-corrected chi connectivity index (χ4v) is 3.00. The van der Waals surface area contributed by atoms with Crippen LogP contribution in [0.3, 0.4) is 0 Å². The molecule has 0 saturated carbocycles. The van der Waals surface area contributed by atoms with Gasteiger partial charge in [0.2, 0.25) is 0 Å². The molecule has 4 nitrogen and oxygen atoms in total. The van der Waals surface area contributed by atoms with Gasteiger partial charge >= 0.3 is 0 Å². The lowest BCUT2D eigenvalue weighted by molar-refractivity contribution is 0.102. The highest BCUT2D eigenvalue weighted by Crippen LogP contribution is 2.23. The first-order valence-electron chi connectivity index (χ1n) is 8.48. The van der Waals surface area contributed by atoms with Crippen LogP contribution in [0.2, 0.25) is 0 Å². The summed E-state index contributed by atoms with van der Waals surface area (Å²) in [7, 11) is 1.60. The molecule has 0 bridgehead atoms. The molecule has 0 fully saturated rings. The molecule has 0 aromatic heterocycles.